The molecule has 2 aromatic rings. The zero-order valence-electron chi connectivity index (χ0n) is 12.1. The minimum atomic E-state index is -0.304. The van der Waals surface area contributed by atoms with Gasteiger partial charge in [-0.2, -0.15) is 0 Å². The quantitative estimate of drug-likeness (QED) is 0.856. The first-order valence-electron chi connectivity index (χ1n) is 7.00. The van der Waals surface area contributed by atoms with Crippen LogP contribution in [-0.2, 0) is 11.2 Å². The molecule has 0 bridgehead atoms. The van der Waals surface area contributed by atoms with Crippen molar-refractivity contribution >= 4 is 17.3 Å². The molecule has 0 spiro atoms. The number of halogens is 1. The molecule has 0 fully saturated rings. The third-order valence-corrected chi connectivity index (χ3v) is 3.33. The highest BCUT2D eigenvalue weighted by atomic mass is 19.1. The number of carbonyl (C=O) groups is 1. The fourth-order valence-electron chi connectivity index (χ4n) is 2.26. The van der Waals surface area contributed by atoms with Crippen molar-refractivity contribution in [1.82, 2.24) is 0 Å². The maximum Gasteiger partial charge on any atom is 0.227 e. The van der Waals surface area contributed by atoms with Crippen LogP contribution >= 0.6 is 0 Å². The van der Waals surface area contributed by atoms with Crippen molar-refractivity contribution in [3.05, 3.63) is 59.9 Å². The van der Waals surface area contributed by atoms with Gasteiger partial charge in [-0.05, 0) is 55.3 Å². The molecule has 0 saturated heterocycles. The molecule has 0 heterocycles. The number of anilines is 2. The van der Waals surface area contributed by atoms with Gasteiger partial charge in [-0.3, -0.25) is 4.79 Å². The molecule has 2 N–H and O–H groups in total. The van der Waals surface area contributed by atoms with Gasteiger partial charge >= 0.3 is 0 Å². The average Bonchev–Trinajstić information content (AvgIpc) is 2.48. The molecule has 21 heavy (non-hydrogen) atoms. The Kier molecular flexibility index (Phi) is 4.93. The summed E-state index contributed by atoms with van der Waals surface area (Å²) in [5.41, 5.74) is 8.18. The van der Waals surface area contributed by atoms with Gasteiger partial charge in [0.05, 0.1) is 0 Å². The summed E-state index contributed by atoms with van der Waals surface area (Å²) in [7, 11) is 0. The Morgan fingerprint density at radius 1 is 1.19 bits per heavy atom. The van der Waals surface area contributed by atoms with Crippen molar-refractivity contribution in [2.24, 2.45) is 0 Å². The number of carbonyl (C=O) groups excluding carboxylic acids is 1. The molecule has 0 aromatic heterocycles. The molecule has 0 unspecified atom stereocenters. The van der Waals surface area contributed by atoms with Crippen molar-refractivity contribution in [3.8, 4) is 0 Å². The highest BCUT2D eigenvalue weighted by Crippen LogP contribution is 2.17. The number of aryl methyl sites for hydroxylation is 1. The Bertz CT molecular complexity index is 610. The first kappa shape index (κ1) is 15.0. The minimum absolute atomic E-state index is 0.0199. The number of amides is 1. The van der Waals surface area contributed by atoms with Crippen LogP contribution in [0.2, 0.25) is 0 Å². The van der Waals surface area contributed by atoms with E-state index in [0.717, 1.165) is 11.3 Å². The standard InChI is InChI=1S/C17H19FN2O/c1-2-20(16-9-7-14(18)8-10-16)17(21)11-6-13-4-3-5-15(19)12-13/h3-5,7-10,12H,2,6,11,19H2,1H3. The van der Waals surface area contributed by atoms with Gasteiger partial charge in [-0.15, -0.1) is 0 Å². The second kappa shape index (κ2) is 6.88. The monoisotopic (exact) mass is 286 g/mol. The zero-order valence-corrected chi connectivity index (χ0v) is 12.1. The minimum Gasteiger partial charge on any atom is -0.399 e. The Hall–Kier alpha value is -2.36. The molecule has 2 rings (SSSR count). The zero-order chi connectivity index (χ0) is 15.2. The first-order valence-corrected chi connectivity index (χ1v) is 7.00. The van der Waals surface area contributed by atoms with E-state index in [9.17, 15) is 9.18 Å². The van der Waals surface area contributed by atoms with Crippen molar-refractivity contribution in [1.29, 1.82) is 0 Å². The molecule has 0 aliphatic carbocycles. The van der Waals surface area contributed by atoms with E-state index < -0.39 is 0 Å². The van der Waals surface area contributed by atoms with E-state index in [1.54, 1.807) is 17.0 Å². The predicted octanol–water partition coefficient (Wildman–Crippen LogP) is 3.39. The Morgan fingerprint density at radius 3 is 2.52 bits per heavy atom. The predicted molar refractivity (Wildman–Crippen MR) is 83.6 cm³/mol. The number of nitrogens with two attached hydrogens (primary N) is 1. The lowest BCUT2D eigenvalue weighted by molar-refractivity contribution is -0.118. The molecule has 0 aliphatic heterocycles. The highest BCUT2D eigenvalue weighted by molar-refractivity contribution is 5.93. The topological polar surface area (TPSA) is 46.3 Å². The molecule has 0 atom stereocenters. The smallest absolute Gasteiger partial charge is 0.227 e. The van der Waals surface area contributed by atoms with Crippen LogP contribution in [0.15, 0.2) is 48.5 Å². The molecule has 3 nitrogen and oxygen atoms in total. The number of hydrogen-bond acceptors (Lipinski definition) is 2. The van der Waals surface area contributed by atoms with Crippen LogP contribution in [0.25, 0.3) is 0 Å². The van der Waals surface area contributed by atoms with E-state index in [2.05, 4.69) is 0 Å². The van der Waals surface area contributed by atoms with Gasteiger partial charge in [0, 0.05) is 24.3 Å². The summed E-state index contributed by atoms with van der Waals surface area (Å²) in [6, 6.07) is 13.5. The van der Waals surface area contributed by atoms with E-state index in [1.165, 1.54) is 12.1 Å². The molecule has 4 heteroatoms. The summed E-state index contributed by atoms with van der Waals surface area (Å²) in [4.78, 5) is 14.0. The van der Waals surface area contributed by atoms with Crippen LogP contribution in [-0.4, -0.2) is 12.5 Å². The molecule has 110 valence electrons. The lowest BCUT2D eigenvalue weighted by Gasteiger charge is -2.21. The Balaban J connectivity index is 2.02. The summed E-state index contributed by atoms with van der Waals surface area (Å²) in [5.74, 6) is -0.284. The van der Waals surface area contributed by atoms with Gasteiger partial charge in [0.15, 0.2) is 0 Å². The lowest BCUT2D eigenvalue weighted by atomic mass is 10.1. The summed E-state index contributed by atoms with van der Waals surface area (Å²) in [6.45, 7) is 2.46. The average molecular weight is 286 g/mol. The number of benzene rings is 2. The molecule has 0 radical (unpaired) electrons. The van der Waals surface area contributed by atoms with Crippen molar-refractivity contribution in [3.63, 3.8) is 0 Å². The van der Waals surface area contributed by atoms with Crippen LogP contribution in [0.5, 0.6) is 0 Å². The van der Waals surface area contributed by atoms with Crippen LogP contribution in [0, 0.1) is 5.82 Å². The summed E-state index contributed by atoms with van der Waals surface area (Å²) < 4.78 is 12.9. The molecule has 0 saturated carbocycles. The van der Waals surface area contributed by atoms with Gasteiger partial charge in [-0.25, -0.2) is 4.39 Å². The number of nitrogens with zero attached hydrogens (tertiary/aromatic N) is 1. The van der Waals surface area contributed by atoms with E-state index >= 15 is 0 Å². The lowest BCUT2D eigenvalue weighted by Crippen LogP contribution is -2.30. The largest absolute Gasteiger partial charge is 0.399 e. The second-order valence-electron chi connectivity index (χ2n) is 4.86. The third-order valence-electron chi connectivity index (χ3n) is 3.33. The van der Waals surface area contributed by atoms with Crippen molar-refractivity contribution in [2.45, 2.75) is 19.8 Å². The van der Waals surface area contributed by atoms with Crippen LogP contribution < -0.4 is 10.6 Å². The summed E-state index contributed by atoms with van der Waals surface area (Å²) in [6.07, 6.45) is 1.04. The van der Waals surface area contributed by atoms with Gasteiger partial charge in [0.25, 0.3) is 0 Å². The molecular formula is C17H19FN2O. The van der Waals surface area contributed by atoms with E-state index in [-0.39, 0.29) is 11.7 Å². The summed E-state index contributed by atoms with van der Waals surface area (Å²) >= 11 is 0. The fraction of sp³-hybridized carbons (Fsp3) is 0.235. The number of hydrogen-bond donors (Lipinski definition) is 1. The van der Waals surface area contributed by atoms with E-state index in [1.807, 2.05) is 31.2 Å². The fourth-order valence-corrected chi connectivity index (χ4v) is 2.26. The van der Waals surface area contributed by atoms with Crippen molar-refractivity contribution in [2.75, 3.05) is 17.2 Å². The molecule has 2 aromatic carbocycles. The number of rotatable bonds is 5. The molecule has 1 amide bonds. The SMILES string of the molecule is CCN(C(=O)CCc1cccc(N)c1)c1ccc(F)cc1. The summed E-state index contributed by atoms with van der Waals surface area (Å²) in [5, 5.41) is 0. The Morgan fingerprint density at radius 2 is 1.90 bits per heavy atom. The van der Waals surface area contributed by atoms with Crippen LogP contribution in [0.1, 0.15) is 18.9 Å². The third kappa shape index (κ3) is 4.05. The molecular weight excluding hydrogens is 267 g/mol. The first-order chi connectivity index (χ1) is 10.1. The van der Waals surface area contributed by atoms with Crippen molar-refractivity contribution < 1.29 is 9.18 Å². The van der Waals surface area contributed by atoms with Crippen LogP contribution in [0.4, 0.5) is 15.8 Å². The maximum atomic E-state index is 12.9. The van der Waals surface area contributed by atoms with Gasteiger partial charge in [0.2, 0.25) is 5.91 Å². The normalized spacial score (nSPS) is 10.4. The van der Waals surface area contributed by atoms with E-state index in [4.69, 9.17) is 5.73 Å². The van der Waals surface area contributed by atoms with Gasteiger partial charge in [-0.1, -0.05) is 12.1 Å². The van der Waals surface area contributed by atoms with Crippen LogP contribution in [0.3, 0.4) is 0 Å². The van der Waals surface area contributed by atoms with E-state index in [0.29, 0.717) is 25.1 Å². The molecule has 0 aliphatic rings. The highest BCUT2D eigenvalue weighted by Gasteiger charge is 2.13. The van der Waals surface area contributed by atoms with Gasteiger partial charge < -0.3 is 10.6 Å². The van der Waals surface area contributed by atoms with Gasteiger partial charge in [0.1, 0.15) is 5.82 Å². The maximum absolute atomic E-state index is 12.9. The second-order valence-corrected chi connectivity index (χ2v) is 4.86. The Labute approximate surface area is 124 Å². The number of nitrogen functional groups attached to an aromatic ring is 1.